The molecule has 1 unspecified atom stereocenters. The minimum Gasteiger partial charge on any atom is -0.352 e. The van der Waals surface area contributed by atoms with Crippen LogP contribution in [0.3, 0.4) is 0 Å². The van der Waals surface area contributed by atoms with Gasteiger partial charge in [0.2, 0.25) is 5.91 Å². The number of aryl methyl sites for hydroxylation is 1. The molecule has 0 saturated heterocycles. The summed E-state index contributed by atoms with van der Waals surface area (Å²) in [5.74, 6) is 0.633. The normalized spacial score (nSPS) is 19.3. The number of nitrogens with zero attached hydrogens (tertiary/aromatic N) is 2. The number of rotatable bonds is 8. The Kier molecular flexibility index (Phi) is 5.84. The van der Waals surface area contributed by atoms with E-state index in [0.29, 0.717) is 36.6 Å². The van der Waals surface area contributed by atoms with Crippen LogP contribution in [0.1, 0.15) is 57.8 Å². The fraction of sp³-hybridized carbons (Fsp3) is 0.444. The van der Waals surface area contributed by atoms with Crippen molar-refractivity contribution in [3.8, 4) is 0 Å². The van der Waals surface area contributed by atoms with Crippen LogP contribution in [0.25, 0.3) is 11.0 Å². The first-order valence-corrected chi connectivity index (χ1v) is 13.3. The highest BCUT2D eigenvalue weighted by atomic mass is 32.1. The first-order chi connectivity index (χ1) is 17.0. The molecule has 0 aliphatic heterocycles. The third-order valence-electron chi connectivity index (χ3n) is 7.28. The molecule has 35 heavy (non-hydrogen) atoms. The van der Waals surface area contributed by atoms with Gasteiger partial charge in [-0.05, 0) is 74.6 Å². The standard InChI is InChI=1S/C27H28N4O3S/c32-22(16-3-4-16)13-24-25(27(34)30-14-15-1-2-15)19-11-17(5-8-23(19)35-24)26(33)31-18-6-7-20-21(12-18)29-10-9-28-20/h6-7,9-10,12,15-17H,1-5,8,11,13-14H2,(H,30,34)(H,31,33). The number of amides is 2. The van der Waals surface area contributed by atoms with Gasteiger partial charge in [0.1, 0.15) is 5.78 Å². The van der Waals surface area contributed by atoms with Gasteiger partial charge < -0.3 is 10.6 Å². The molecule has 3 aromatic rings. The second-order valence-electron chi connectivity index (χ2n) is 10.1. The van der Waals surface area contributed by atoms with Gasteiger partial charge in [-0.3, -0.25) is 24.4 Å². The maximum atomic E-state index is 13.3. The van der Waals surface area contributed by atoms with Crippen molar-refractivity contribution in [2.24, 2.45) is 17.8 Å². The lowest BCUT2D eigenvalue weighted by atomic mass is 9.85. The highest BCUT2D eigenvalue weighted by Gasteiger charge is 2.35. The van der Waals surface area contributed by atoms with Gasteiger partial charge in [0.05, 0.1) is 16.6 Å². The molecule has 2 amide bonds. The number of ketones is 1. The Morgan fingerprint density at radius 2 is 1.77 bits per heavy atom. The molecule has 180 valence electrons. The summed E-state index contributed by atoms with van der Waals surface area (Å²) in [5, 5.41) is 6.14. The maximum absolute atomic E-state index is 13.3. The molecule has 2 N–H and O–H groups in total. The first kappa shape index (κ1) is 22.3. The van der Waals surface area contributed by atoms with E-state index in [-0.39, 0.29) is 29.4 Å². The van der Waals surface area contributed by atoms with E-state index in [2.05, 4.69) is 20.6 Å². The molecule has 2 fully saturated rings. The highest BCUT2D eigenvalue weighted by Crippen LogP contribution is 2.39. The Hall–Kier alpha value is -3.13. The zero-order valence-corrected chi connectivity index (χ0v) is 20.3. The largest absolute Gasteiger partial charge is 0.352 e. The van der Waals surface area contributed by atoms with Gasteiger partial charge in [-0.15, -0.1) is 11.3 Å². The van der Waals surface area contributed by atoms with Crippen molar-refractivity contribution in [3.63, 3.8) is 0 Å². The van der Waals surface area contributed by atoms with Crippen molar-refractivity contribution in [1.29, 1.82) is 0 Å². The van der Waals surface area contributed by atoms with Gasteiger partial charge in [-0.2, -0.15) is 0 Å². The number of anilines is 1. The number of fused-ring (bicyclic) bond motifs is 2. The van der Waals surface area contributed by atoms with Crippen molar-refractivity contribution in [3.05, 3.63) is 51.5 Å². The van der Waals surface area contributed by atoms with Crippen molar-refractivity contribution in [2.45, 2.75) is 51.4 Å². The van der Waals surface area contributed by atoms with Crippen LogP contribution in [0.5, 0.6) is 0 Å². The summed E-state index contributed by atoms with van der Waals surface area (Å²) in [6.45, 7) is 0.689. The smallest absolute Gasteiger partial charge is 0.252 e. The number of carbonyl (C=O) groups is 3. The quantitative estimate of drug-likeness (QED) is 0.497. The Bertz CT molecular complexity index is 1330. The molecule has 3 aliphatic carbocycles. The number of nitrogens with one attached hydrogen (secondary N) is 2. The van der Waals surface area contributed by atoms with Crippen LogP contribution < -0.4 is 10.6 Å². The molecule has 1 atom stereocenters. The third-order valence-corrected chi connectivity index (χ3v) is 8.58. The lowest BCUT2D eigenvalue weighted by Gasteiger charge is -2.22. The van der Waals surface area contributed by atoms with Crippen LogP contribution in [0, 0.1) is 17.8 Å². The van der Waals surface area contributed by atoms with Gasteiger partial charge in [0.25, 0.3) is 5.91 Å². The number of Topliss-reactive ketones (excluding diaryl/α,β-unsaturated/α-hetero) is 1. The van der Waals surface area contributed by atoms with Crippen LogP contribution in [-0.4, -0.2) is 34.1 Å². The van der Waals surface area contributed by atoms with Crippen LogP contribution >= 0.6 is 11.3 Å². The average Bonchev–Trinajstić information content (AvgIpc) is 3.79. The van der Waals surface area contributed by atoms with E-state index >= 15 is 0 Å². The maximum Gasteiger partial charge on any atom is 0.252 e. The Morgan fingerprint density at radius 3 is 2.54 bits per heavy atom. The minimum absolute atomic E-state index is 0.0509. The molecule has 2 heterocycles. The van der Waals surface area contributed by atoms with Gasteiger partial charge in [0.15, 0.2) is 0 Å². The summed E-state index contributed by atoms with van der Waals surface area (Å²) in [5.41, 5.74) is 3.84. The van der Waals surface area contributed by atoms with Crippen molar-refractivity contribution in [1.82, 2.24) is 15.3 Å². The predicted molar refractivity (Wildman–Crippen MR) is 134 cm³/mol. The van der Waals surface area contributed by atoms with E-state index < -0.39 is 0 Å². The number of hydrogen-bond acceptors (Lipinski definition) is 6. The Balaban J connectivity index is 1.22. The summed E-state index contributed by atoms with van der Waals surface area (Å²) in [6.07, 6.45) is 9.88. The number of aromatic nitrogens is 2. The van der Waals surface area contributed by atoms with Gasteiger partial charge >= 0.3 is 0 Å². The molecule has 6 rings (SSSR count). The Morgan fingerprint density at radius 1 is 0.971 bits per heavy atom. The van der Waals surface area contributed by atoms with Gasteiger partial charge in [-0.25, -0.2) is 0 Å². The molecule has 3 aliphatic rings. The Labute approximate surface area is 207 Å². The van der Waals surface area contributed by atoms with E-state index in [0.717, 1.165) is 64.9 Å². The van der Waals surface area contributed by atoms with Gasteiger partial charge in [0, 0.05) is 52.6 Å². The summed E-state index contributed by atoms with van der Waals surface area (Å²) < 4.78 is 0. The van der Waals surface area contributed by atoms with Crippen LogP contribution in [0.2, 0.25) is 0 Å². The second kappa shape index (κ2) is 9.15. The summed E-state index contributed by atoms with van der Waals surface area (Å²) >= 11 is 1.60. The molecule has 0 spiro atoms. The molecular formula is C27H28N4O3S. The van der Waals surface area contributed by atoms with Gasteiger partial charge in [-0.1, -0.05) is 0 Å². The predicted octanol–water partition coefficient (Wildman–Crippen LogP) is 4.10. The number of benzene rings is 1. The van der Waals surface area contributed by atoms with Crippen LogP contribution in [-0.2, 0) is 28.9 Å². The number of hydrogen-bond donors (Lipinski definition) is 2. The fourth-order valence-corrected chi connectivity index (χ4v) is 6.25. The van der Waals surface area contributed by atoms with E-state index in [4.69, 9.17) is 0 Å². The average molecular weight is 489 g/mol. The van der Waals surface area contributed by atoms with Crippen molar-refractivity contribution < 1.29 is 14.4 Å². The molecule has 7 nitrogen and oxygen atoms in total. The van der Waals surface area contributed by atoms with E-state index in [1.54, 1.807) is 23.7 Å². The number of carbonyl (C=O) groups excluding carboxylic acids is 3. The molecule has 8 heteroatoms. The minimum atomic E-state index is -0.225. The van der Waals surface area contributed by atoms with Crippen molar-refractivity contribution in [2.75, 3.05) is 11.9 Å². The fourth-order valence-electron chi connectivity index (χ4n) is 4.89. The molecule has 1 aromatic carbocycles. The third kappa shape index (κ3) is 4.85. The lowest BCUT2D eigenvalue weighted by Crippen LogP contribution is -2.31. The van der Waals surface area contributed by atoms with E-state index in [1.807, 2.05) is 18.2 Å². The molecule has 2 aromatic heterocycles. The molecular weight excluding hydrogens is 460 g/mol. The SMILES string of the molecule is O=C(NCC1CC1)c1c(CC(=O)C2CC2)sc2c1CC(C(=O)Nc1ccc3nccnc3c1)CC2. The zero-order valence-electron chi connectivity index (χ0n) is 19.5. The summed E-state index contributed by atoms with van der Waals surface area (Å²) in [7, 11) is 0. The molecule has 0 radical (unpaired) electrons. The van der Waals surface area contributed by atoms with E-state index in [1.165, 1.54) is 0 Å². The first-order valence-electron chi connectivity index (χ1n) is 12.5. The highest BCUT2D eigenvalue weighted by molar-refractivity contribution is 7.12. The van der Waals surface area contributed by atoms with E-state index in [9.17, 15) is 14.4 Å². The monoisotopic (exact) mass is 488 g/mol. The van der Waals surface area contributed by atoms with Crippen LogP contribution in [0.15, 0.2) is 30.6 Å². The van der Waals surface area contributed by atoms with Crippen LogP contribution in [0.4, 0.5) is 5.69 Å². The molecule has 0 bridgehead atoms. The number of thiophene rings is 1. The topological polar surface area (TPSA) is 101 Å². The van der Waals surface area contributed by atoms with Crippen molar-refractivity contribution >= 4 is 45.7 Å². The molecule has 2 saturated carbocycles. The second-order valence-corrected chi connectivity index (χ2v) is 11.3. The zero-order chi connectivity index (χ0) is 23.9. The summed E-state index contributed by atoms with van der Waals surface area (Å²) in [4.78, 5) is 49.7. The lowest BCUT2D eigenvalue weighted by molar-refractivity contribution is -0.120. The summed E-state index contributed by atoms with van der Waals surface area (Å²) in [6, 6.07) is 5.52.